The molecule has 0 aromatic heterocycles. The summed E-state index contributed by atoms with van der Waals surface area (Å²) in [4.78, 5) is 11.6. The molecule has 2 atom stereocenters. The zero-order valence-corrected chi connectivity index (χ0v) is 12.6. The third-order valence-electron chi connectivity index (χ3n) is 2.95. The molecule has 20 heavy (non-hydrogen) atoms. The third-order valence-corrected chi connectivity index (χ3v) is 2.95. The van der Waals surface area contributed by atoms with Crippen LogP contribution in [0.25, 0.3) is 0 Å². The number of hydrogen-bond acceptors (Lipinski definition) is 3. The average Bonchev–Trinajstić information content (AvgIpc) is 2.37. The maximum absolute atomic E-state index is 11.6. The molecular formula is C16H25NO3. The molecule has 0 fully saturated rings. The summed E-state index contributed by atoms with van der Waals surface area (Å²) in [6.45, 7) is 5.87. The second kappa shape index (κ2) is 8.59. The summed E-state index contributed by atoms with van der Waals surface area (Å²) in [5.74, 6) is 0.566. The van der Waals surface area contributed by atoms with E-state index < -0.39 is 0 Å². The fraction of sp³-hybridized carbons (Fsp3) is 0.562. The molecule has 0 saturated heterocycles. The molecular weight excluding hydrogens is 254 g/mol. The number of amides is 1. The van der Waals surface area contributed by atoms with Crippen molar-refractivity contribution in [2.24, 2.45) is 0 Å². The lowest BCUT2D eigenvalue weighted by Gasteiger charge is -2.13. The van der Waals surface area contributed by atoms with Crippen LogP contribution in [-0.4, -0.2) is 29.8 Å². The van der Waals surface area contributed by atoms with Gasteiger partial charge in [0.2, 0.25) is 0 Å². The standard InChI is InChI=1S/C16H25NO3/c1-4-5-12(2)17-16(19)11-20-15-8-6-14(7-9-15)10-13(3)18/h6-9,12-13,18H,4-5,10-11H2,1-3H3,(H,17,19). The number of ether oxygens (including phenoxy) is 1. The molecule has 1 amide bonds. The Labute approximate surface area is 121 Å². The van der Waals surface area contributed by atoms with Gasteiger partial charge in [0.05, 0.1) is 6.10 Å². The van der Waals surface area contributed by atoms with Crippen LogP contribution in [0.4, 0.5) is 0 Å². The van der Waals surface area contributed by atoms with Crippen LogP contribution in [0.5, 0.6) is 5.75 Å². The number of aliphatic hydroxyl groups excluding tert-OH is 1. The zero-order valence-electron chi connectivity index (χ0n) is 12.6. The number of rotatable bonds is 8. The molecule has 0 heterocycles. The molecule has 0 spiro atoms. The molecule has 1 aromatic carbocycles. The molecule has 0 aliphatic heterocycles. The molecule has 0 bridgehead atoms. The lowest BCUT2D eigenvalue weighted by atomic mass is 10.1. The van der Waals surface area contributed by atoms with E-state index in [1.807, 2.05) is 31.2 Å². The van der Waals surface area contributed by atoms with Gasteiger partial charge in [0.25, 0.3) is 5.91 Å². The van der Waals surface area contributed by atoms with Crippen LogP contribution in [0.15, 0.2) is 24.3 Å². The van der Waals surface area contributed by atoms with Gasteiger partial charge in [-0.05, 0) is 44.4 Å². The number of nitrogens with one attached hydrogen (secondary N) is 1. The minimum Gasteiger partial charge on any atom is -0.484 e. The Morgan fingerprint density at radius 3 is 2.50 bits per heavy atom. The molecule has 0 radical (unpaired) electrons. The Morgan fingerprint density at radius 1 is 1.30 bits per heavy atom. The molecule has 4 heteroatoms. The summed E-state index contributed by atoms with van der Waals surface area (Å²) in [5, 5.41) is 12.2. The first-order chi connectivity index (χ1) is 9.51. The fourth-order valence-electron chi connectivity index (χ4n) is 2.03. The molecule has 0 aliphatic carbocycles. The van der Waals surface area contributed by atoms with Crippen molar-refractivity contribution in [2.75, 3.05) is 6.61 Å². The first-order valence-corrected chi connectivity index (χ1v) is 7.20. The summed E-state index contributed by atoms with van der Waals surface area (Å²) in [6, 6.07) is 7.63. The number of aliphatic hydroxyl groups is 1. The van der Waals surface area contributed by atoms with Gasteiger partial charge in [-0.2, -0.15) is 0 Å². The molecule has 112 valence electrons. The SMILES string of the molecule is CCCC(C)NC(=O)COc1ccc(CC(C)O)cc1. The van der Waals surface area contributed by atoms with E-state index in [0.29, 0.717) is 12.2 Å². The van der Waals surface area contributed by atoms with Crippen molar-refractivity contribution in [1.29, 1.82) is 0 Å². The van der Waals surface area contributed by atoms with Crippen molar-refractivity contribution >= 4 is 5.91 Å². The van der Waals surface area contributed by atoms with Gasteiger partial charge in [-0.15, -0.1) is 0 Å². The van der Waals surface area contributed by atoms with Crippen LogP contribution in [0.3, 0.4) is 0 Å². The number of carbonyl (C=O) groups excluding carboxylic acids is 1. The van der Waals surface area contributed by atoms with Crippen LogP contribution in [-0.2, 0) is 11.2 Å². The summed E-state index contributed by atoms with van der Waals surface area (Å²) in [6.07, 6.45) is 2.29. The van der Waals surface area contributed by atoms with Crippen molar-refractivity contribution in [1.82, 2.24) is 5.32 Å². The van der Waals surface area contributed by atoms with Gasteiger partial charge in [0, 0.05) is 6.04 Å². The molecule has 1 rings (SSSR count). The Bertz CT molecular complexity index is 401. The van der Waals surface area contributed by atoms with E-state index >= 15 is 0 Å². The smallest absolute Gasteiger partial charge is 0.258 e. The van der Waals surface area contributed by atoms with Crippen molar-refractivity contribution in [3.63, 3.8) is 0 Å². The van der Waals surface area contributed by atoms with E-state index in [1.165, 1.54) is 0 Å². The maximum atomic E-state index is 11.6. The minimum atomic E-state index is -0.354. The van der Waals surface area contributed by atoms with Crippen molar-refractivity contribution in [3.8, 4) is 5.75 Å². The molecule has 4 nitrogen and oxygen atoms in total. The van der Waals surface area contributed by atoms with E-state index in [1.54, 1.807) is 6.92 Å². The van der Waals surface area contributed by atoms with Crippen LogP contribution in [0.1, 0.15) is 39.2 Å². The third kappa shape index (κ3) is 6.57. The lowest BCUT2D eigenvalue weighted by molar-refractivity contribution is -0.123. The van der Waals surface area contributed by atoms with Gasteiger partial charge in [-0.3, -0.25) is 4.79 Å². The van der Waals surface area contributed by atoms with Crippen LogP contribution < -0.4 is 10.1 Å². The molecule has 2 N–H and O–H groups in total. The second-order valence-corrected chi connectivity index (χ2v) is 5.24. The van der Waals surface area contributed by atoms with Crippen LogP contribution in [0.2, 0.25) is 0 Å². The lowest BCUT2D eigenvalue weighted by Crippen LogP contribution is -2.35. The zero-order chi connectivity index (χ0) is 15.0. The van der Waals surface area contributed by atoms with E-state index in [0.717, 1.165) is 18.4 Å². The van der Waals surface area contributed by atoms with Crippen molar-refractivity contribution in [2.45, 2.75) is 52.2 Å². The van der Waals surface area contributed by atoms with Gasteiger partial charge in [-0.1, -0.05) is 25.5 Å². The Morgan fingerprint density at radius 2 is 1.95 bits per heavy atom. The predicted molar refractivity (Wildman–Crippen MR) is 79.8 cm³/mol. The van der Waals surface area contributed by atoms with Gasteiger partial charge < -0.3 is 15.2 Å². The first kappa shape index (κ1) is 16.5. The molecule has 1 aromatic rings. The van der Waals surface area contributed by atoms with E-state index in [9.17, 15) is 9.90 Å². The highest BCUT2D eigenvalue weighted by Crippen LogP contribution is 2.13. The van der Waals surface area contributed by atoms with Crippen LogP contribution in [0, 0.1) is 0 Å². The first-order valence-electron chi connectivity index (χ1n) is 7.20. The maximum Gasteiger partial charge on any atom is 0.258 e. The summed E-state index contributed by atoms with van der Waals surface area (Å²) >= 11 is 0. The summed E-state index contributed by atoms with van der Waals surface area (Å²) in [5.41, 5.74) is 1.05. The fourth-order valence-corrected chi connectivity index (χ4v) is 2.03. The van der Waals surface area contributed by atoms with Crippen molar-refractivity contribution < 1.29 is 14.6 Å². The average molecular weight is 279 g/mol. The molecule has 0 aliphatic rings. The van der Waals surface area contributed by atoms with E-state index in [2.05, 4.69) is 12.2 Å². The second-order valence-electron chi connectivity index (χ2n) is 5.24. The minimum absolute atomic E-state index is 0.0316. The molecule has 0 saturated carbocycles. The topological polar surface area (TPSA) is 58.6 Å². The molecule has 2 unspecified atom stereocenters. The number of carbonyl (C=O) groups is 1. The van der Waals surface area contributed by atoms with Gasteiger partial charge in [0.15, 0.2) is 6.61 Å². The van der Waals surface area contributed by atoms with Crippen LogP contribution >= 0.6 is 0 Å². The number of benzene rings is 1. The normalized spacial score (nSPS) is 13.6. The van der Waals surface area contributed by atoms with Crippen molar-refractivity contribution in [3.05, 3.63) is 29.8 Å². The largest absolute Gasteiger partial charge is 0.484 e. The highest BCUT2D eigenvalue weighted by Gasteiger charge is 2.07. The number of hydrogen-bond donors (Lipinski definition) is 2. The van der Waals surface area contributed by atoms with Gasteiger partial charge in [0.1, 0.15) is 5.75 Å². The Balaban J connectivity index is 2.36. The Hall–Kier alpha value is -1.55. The Kier molecular flexibility index (Phi) is 7.09. The van der Waals surface area contributed by atoms with E-state index in [4.69, 9.17) is 4.74 Å². The van der Waals surface area contributed by atoms with Gasteiger partial charge in [-0.25, -0.2) is 0 Å². The summed E-state index contributed by atoms with van der Waals surface area (Å²) < 4.78 is 5.43. The highest BCUT2D eigenvalue weighted by molar-refractivity contribution is 5.77. The highest BCUT2D eigenvalue weighted by atomic mass is 16.5. The monoisotopic (exact) mass is 279 g/mol. The quantitative estimate of drug-likeness (QED) is 0.767. The van der Waals surface area contributed by atoms with E-state index in [-0.39, 0.29) is 24.7 Å². The van der Waals surface area contributed by atoms with Gasteiger partial charge >= 0.3 is 0 Å². The predicted octanol–water partition coefficient (Wildman–Crippen LogP) is 2.29. The summed E-state index contributed by atoms with van der Waals surface area (Å²) in [7, 11) is 0.